The minimum Gasteiger partial charge on any atom is -0.467 e. The predicted molar refractivity (Wildman–Crippen MR) is 91.2 cm³/mol. The molecule has 0 aliphatic carbocycles. The Hall–Kier alpha value is -2.26. The SMILES string of the molecule is CC(C)(C)c1nnc(NC(=O)NCc2cc(F)cc3c2OCOC3)s1. The fourth-order valence-corrected chi connectivity index (χ4v) is 3.08. The number of ether oxygens (including phenoxy) is 2. The Morgan fingerprint density at radius 2 is 2.16 bits per heavy atom. The number of fused-ring (bicyclic) bond motifs is 1. The quantitative estimate of drug-likeness (QED) is 0.871. The highest BCUT2D eigenvalue weighted by molar-refractivity contribution is 7.15. The lowest BCUT2D eigenvalue weighted by atomic mass is 9.98. The van der Waals surface area contributed by atoms with Crippen molar-refractivity contribution in [2.45, 2.75) is 39.3 Å². The zero-order valence-corrected chi connectivity index (χ0v) is 15.0. The van der Waals surface area contributed by atoms with E-state index in [4.69, 9.17) is 9.47 Å². The van der Waals surface area contributed by atoms with Crippen molar-refractivity contribution in [2.24, 2.45) is 0 Å². The Kier molecular flexibility index (Phi) is 4.87. The normalized spacial score (nSPS) is 13.8. The number of amides is 2. The molecular formula is C16H19FN4O3S. The highest BCUT2D eigenvalue weighted by Gasteiger charge is 2.20. The van der Waals surface area contributed by atoms with Gasteiger partial charge in [-0.15, -0.1) is 10.2 Å². The molecule has 7 nitrogen and oxygen atoms in total. The van der Waals surface area contributed by atoms with Crippen molar-refractivity contribution >= 4 is 22.5 Å². The summed E-state index contributed by atoms with van der Waals surface area (Å²) in [6, 6.07) is 2.27. The number of carbonyl (C=O) groups excluding carboxylic acids is 1. The lowest BCUT2D eigenvalue weighted by Crippen LogP contribution is -2.28. The molecule has 1 aromatic carbocycles. The minimum atomic E-state index is -0.443. The molecule has 0 unspecified atom stereocenters. The maximum Gasteiger partial charge on any atom is 0.321 e. The van der Waals surface area contributed by atoms with Crippen molar-refractivity contribution in [3.05, 3.63) is 34.1 Å². The van der Waals surface area contributed by atoms with Crippen molar-refractivity contribution in [1.29, 1.82) is 0 Å². The molecule has 1 aliphatic rings. The average Bonchev–Trinajstić information content (AvgIpc) is 3.01. The number of nitrogens with one attached hydrogen (secondary N) is 2. The molecule has 0 radical (unpaired) electrons. The summed E-state index contributed by atoms with van der Waals surface area (Å²) in [7, 11) is 0. The van der Waals surface area contributed by atoms with Gasteiger partial charge in [-0.05, 0) is 12.1 Å². The molecular weight excluding hydrogens is 347 g/mol. The summed E-state index contributed by atoms with van der Waals surface area (Å²) < 4.78 is 24.2. The first-order chi connectivity index (χ1) is 11.8. The van der Waals surface area contributed by atoms with Crippen LogP contribution in [0.2, 0.25) is 0 Å². The molecule has 0 saturated heterocycles. The molecule has 1 aromatic heterocycles. The minimum absolute atomic E-state index is 0.109. The second kappa shape index (κ2) is 6.93. The number of hydrogen-bond donors (Lipinski definition) is 2. The van der Waals surface area contributed by atoms with Crippen molar-refractivity contribution in [2.75, 3.05) is 12.1 Å². The molecule has 3 rings (SSSR count). The lowest BCUT2D eigenvalue weighted by Gasteiger charge is -2.21. The molecule has 2 N–H and O–H groups in total. The van der Waals surface area contributed by atoms with E-state index in [1.807, 2.05) is 20.8 Å². The first-order valence-corrected chi connectivity index (χ1v) is 8.55. The standard InChI is InChI=1S/C16H19FN4O3S/c1-16(2,3)13-20-21-15(25-13)19-14(22)18-6-9-4-11(17)5-10-7-23-8-24-12(9)10/h4-5H,6-8H2,1-3H3,(H2,18,19,21,22). The van der Waals surface area contributed by atoms with Gasteiger partial charge in [-0.3, -0.25) is 5.32 Å². The number of urea groups is 1. The first kappa shape index (κ1) is 17.6. The second-order valence-corrected chi connectivity index (χ2v) is 7.61. The van der Waals surface area contributed by atoms with Crippen LogP contribution in [0.5, 0.6) is 5.75 Å². The van der Waals surface area contributed by atoms with Gasteiger partial charge in [-0.25, -0.2) is 9.18 Å². The van der Waals surface area contributed by atoms with Crippen LogP contribution in [-0.4, -0.2) is 23.0 Å². The van der Waals surface area contributed by atoms with Crippen LogP contribution >= 0.6 is 11.3 Å². The highest BCUT2D eigenvalue weighted by atomic mass is 32.1. The molecule has 9 heteroatoms. The van der Waals surface area contributed by atoms with Crippen LogP contribution in [0.1, 0.15) is 36.9 Å². The third kappa shape index (κ3) is 4.23. The van der Waals surface area contributed by atoms with Gasteiger partial charge in [0.25, 0.3) is 0 Å². The van der Waals surface area contributed by atoms with Gasteiger partial charge in [0, 0.05) is 23.1 Å². The highest BCUT2D eigenvalue weighted by Crippen LogP contribution is 2.30. The third-order valence-electron chi connectivity index (χ3n) is 3.48. The molecule has 134 valence electrons. The summed E-state index contributed by atoms with van der Waals surface area (Å²) in [6.07, 6.45) is 0. The zero-order chi connectivity index (χ0) is 18.0. The zero-order valence-electron chi connectivity index (χ0n) is 14.2. The van der Waals surface area contributed by atoms with E-state index < -0.39 is 11.8 Å². The summed E-state index contributed by atoms with van der Waals surface area (Å²) in [5, 5.41) is 14.6. The molecule has 0 atom stereocenters. The van der Waals surface area contributed by atoms with Gasteiger partial charge in [-0.2, -0.15) is 0 Å². The van der Waals surface area contributed by atoms with Crippen molar-refractivity contribution in [3.63, 3.8) is 0 Å². The number of benzene rings is 1. The third-order valence-corrected chi connectivity index (χ3v) is 4.74. The van der Waals surface area contributed by atoms with E-state index in [1.165, 1.54) is 23.5 Å². The molecule has 25 heavy (non-hydrogen) atoms. The Labute approximate surface area is 148 Å². The summed E-state index contributed by atoms with van der Waals surface area (Å²) >= 11 is 1.32. The number of rotatable bonds is 3. The van der Waals surface area contributed by atoms with E-state index in [0.717, 1.165) is 5.01 Å². The van der Waals surface area contributed by atoms with Gasteiger partial charge in [0.1, 0.15) is 16.6 Å². The molecule has 0 bridgehead atoms. The van der Waals surface area contributed by atoms with Gasteiger partial charge < -0.3 is 14.8 Å². The van der Waals surface area contributed by atoms with E-state index >= 15 is 0 Å². The number of carbonyl (C=O) groups is 1. The molecule has 0 fully saturated rings. The summed E-state index contributed by atoms with van der Waals surface area (Å²) in [5.41, 5.74) is 1.05. The van der Waals surface area contributed by atoms with Crippen molar-refractivity contribution in [3.8, 4) is 5.75 Å². The maximum absolute atomic E-state index is 13.7. The summed E-state index contributed by atoms with van der Waals surface area (Å²) in [4.78, 5) is 12.1. The number of halogens is 1. The van der Waals surface area contributed by atoms with Crippen LogP contribution in [0.15, 0.2) is 12.1 Å². The average molecular weight is 366 g/mol. The summed E-state index contributed by atoms with van der Waals surface area (Å²) in [6.45, 7) is 6.58. The Balaban J connectivity index is 1.63. The fraction of sp³-hybridized carbons (Fsp3) is 0.438. The van der Waals surface area contributed by atoms with Crippen LogP contribution in [0.4, 0.5) is 14.3 Å². The topological polar surface area (TPSA) is 85.4 Å². The van der Waals surface area contributed by atoms with E-state index in [-0.39, 0.29) is 25.4 Å². The van der Waals surface area contributed by atoms with Crippen molar-refractivity contribution < 1.29 is 18.7 Å². The van der Waals surface area contributed by atoms with E-state index in [0.29, 0.717) is 22.0 Å². The molecule has 2 aromatic rings. The van der Waals surface area contributed by atoms with Gasteiger partial charge >= 0.3 is 6.03 Å². The van der Waals surface area contributed by atoms with E-state index in [2.05, 4.69) is 20.8 Å². The molecule has 1 aliphatic heterocycles. The maximum atomic E-state index is 13.7. The molecule has 2 heterocycles. The molecule has 0 saturated carbocycles. The van der Waals surface area contributed by atoms with Gasteiger partial charge in [-0.1, -0.05) is 32.1 Å². The lowest BCUT2D eigenvalue weighted by molar-refractivity contribution is -0.0173. The monoisotopic (exact) mass is 366 g/mol. The predicted octanol–water partition coefficient (Wildman–Crippen LogP) is 3.16. The van der Waals surface area contributed by atoms with Crippen molar-refractivity contribution in [1.82, 2.24) is 15.5 Å². The van der Waals surface area contributed by atoms with Gasteiger partial charge in [0.05, 0.1) is 6.61 Å². The second-order valence-electron chi connectivity index (χ2n) is 6.63. The van der Waals surface area contributed by atoms with Crippen LogP contribution in [0, 0.1) is 5.82 Å². The Morgan fingerprint density at radius 3 is 2.88 bits per heavy atom. The fourth-order valence-electron chi connectivity index (χ4n) is 2.28. The van der Waals surface area contributed by atoms with Crippen LogP contribution in [-0.2, 0) is 23.3 Å². The summed E-state index contributed by atoms with van der Waals surface area (Å²) in [5.74, 6) is 0.155. The first-order valence-electron chi connectivity index (χ1n) is 7.73. The van der Waals surface area contributed by atoms with Gasteiger partial charge in [0.15, 0.2) is 6.79 Å². The van der Waals surface area contributed by atoms with E-state index in [1.54, 1.807) is 0 Å². The number of hydrogen-bond acceptors (Lipinski definition) is 6. The van der Waals surface area contributed by atoms with Crippen LogP contribution in [0.3, 0.4) is 0 Å². The number of aromatic nitrogens is 2. The molecule has 2 amide bonds. The molecule has 0 spiro atoms. The number of nitrogens with zero attached hydrogens (tertiary/aromatic N) is 2. The van der Waals surface area contributed by atoms with E-state index in [9.17, 15) is 9.18 Å². The smallest absolute Gasteiger partial charge is 0.321 e. The largest absolute Gasteiger partial charge is 0.467 e. The van der Waals surface area contributed by atoms with Gasteiger partial charge in [0.2, 0.25) is 5.13 Å². The van der Waals surface area contributed by atoms with Crippen LogP contribution in [0.25, 0.3) is 0 Å². The van der Waals surface area contributed by atoms with Crippen LogP contribution < -0.4 is 15.4 Å². The number of anilines is 1. The Morgan fingerprint density at radius 1 is 1.36 bits per heavy atom. The Bertz CT molecular complexity index is 788.